The zero-order valence-electron chi connectivity index (χ0n) is 16.1. The number of benzene rings is 1. The van der Waals surface area contributed by atoms with Crippen LogP contribution >= 0.6 is 0 Å². The van der Waals surface area contributed by atoms with Gasteiger partial charge in [0.05, 0.1) is 17.4 Å². The minimum Gasteiger partial charge on any atom is -0.399 e. The Morgan fingerprint density at radius 2 is 1.85 bits per heavy atom. The Hall–Kier alpha value is -1.63. The summed E-state index contributed by atoms with van der Waals surface area (Å²) in [6.07, 6.45) is 7.39. The maximum Gasteiger partial charge on any atom is 0.494 e. The maximum absolute atomic E-state index is 6.18. The van der Waals surface area contributed by atoms with Gasteiger partial charge in [0.2, 0.25) is 0 Å². The molecule has 0 saturated carbocycles. The molecule has 0 spiro atoms. The lowest BCUT2D eigenvalue weighted by Crippen LogP contribution is -2.41. The normalized spacial score (nSPS) is 24.8. The fourth-order valence-corrected chi connectivity index (χ4v) is 3.42. The Kier molecular flexibility index (Phi) is 4.45. The first-order chi connectivity index (χ1) is 12.4. The number of hydrogen-bond acceptors (Lipinski definition) is 4. The molecule has 2 fully saturated rings. The molecule has 0 bridgehead atoms. The number of aromatic nitrogens is 2. The minimum absolute atomic E-state index is 0.0591. The van der Waals surface area contributed by atoms with Gasteiger partial charge in [0.25, 0.3) is 0 Å². The van der Waals surface area contributed by atoms with Gasteiger partial charge in [-0.3, -0.25) is 0 Å². The van der Waals surface area contributed by atoms with Gasteiger partial charge in [-0.25, -0.2) is 4.68 Å². The highest BCUT2D eigenvalue weighted by Gasteiger charge is 2.51. The van der Waals surface area contributed by atoms with Crippen LogP contribution in [0, 0.1) is 0 Å². The van der Waals surface area contributed by atoms with E-state index in [9.17, 15) is 0 Å². The summed E-state index contributed by atoms with van der Waals surface area (Å²) in [7, 11) is -0.350. The number of nitrogens with zero attached hydrogens (tertiary/aromatic N) is 2. The summed E-state index contributed by atoms with van der Waals surface area (Å²) in [6.45, 7) is 9.11. The predicted molar refractivity (Wildman–Crippen MR) is 102 cm³/mol. The van der Waals surface area contributed by atoms with E-state index in [1.165, 1.54) is 6.42 Å². The van der Waals surface area contributed by atoms with Crippen molar-refractivity contribution < 1.29 is 14.0 Å². The van der Waals surface area contributed by atoms with Crippen molar-refractivity contribution in [2.24, 2.45) is 0 Å². The standard InChI is InChI=1S/C20H27BN2O3/c1-19(2)20(3,4)26-21(25-19)17-9-7-8-15(12-17)16-13-22-23(14-16)18-10-5-6-11-24-18/h7-9,12-14,18H,5-6,10-11H2,1-4H3. The van der Waals surface area contributed by atoms with Crippen molar-refractivity contribution in [1.29, 1.82) is 0 Å². The van der Waals surface area contributed by atoms with Crippen LogP contribution in [0.3, 0.4) is 0 Å². The molecule has 1 aromatic heterocycles. The molecule has 1 unspecified atom stereocenters. The molecule has 138 valence electrons. The highest BCUT2D eigenvalue weighted by Crippen LogP contribution is 2.36. The largest absolute Gasteiger partial charge is 0.494 e. The fourth-order valence-electron chi connectivity index (χ4n) is 3.42. The average Bonchev–Trinajstić information content (AvgIpc) is 3.19. The highest BCUT2D eigenvalue weighted by atomic mass is 16.7. The van der Waals surface area contributed by atoms with Crippen molar-refractivity contribution >= 4 is 12.6 Å². The van der Waals surface area contributed by atoms with Gasteiger partial charge in [0, 0.05) is 18.4 Å². The van der Waals surface area contributed by atoms with Crippen LogP contribution in [-0.2, 0) is 14.0 Å². The maximum atomic E-state index is 6.18. The Bertz CT molecular complexity index is 765. The molecule has 6 heteroatoms. The lowest BCUT2D eigenvalue weighted by molar-refractivity contribution is -0.0394. The SMILES string of the molecule is CC1(C)OB(c2cccc(-c3cnn(C4CCCCO4)c3)c2)OC1(C)C. The van der Waals surface area contributed by atoms with E-state index in [4.69, 9.17) is 14.0 Å². The van der Waals surface area contributed by atoms with Crippen molar-refractivity contribution in [2.75, 3.05) is 6.61 Å². The molecule has 0 radical (unpaired) electrons. The fraction of sp³-hybridized carbons (Fsp3) is 0.550. The molecule has 2 aromatic rings. The Labute approximate surface area is 155 Å². The van der Waals surface area contributed by atoms with Gasteiger partial charge in [0.15, 0.2) is 0 Å². The van der Waals surface area contributed by atoms with Crippen molar-refractivity contribution in [2.45, 2.75) is 64.4 Å². The zero-order valence-corrected chi connectivity index (χ0v) is 16.1. The first-order valence-corrected chi connectivity index (χ1v) is 9.47. The molecule has 1 aromatic carbocycles. The van der Waals surface area contributed by atoms with E-state index in [0.717, 1.165) is 36.0 Å². The lowest BCUT2D eigenvalue weighted by atomic mass is 9.78. The van der Waals surface area contributed by atoms with Gasteiger partial charge >= 0.3 is 7.12 Å². The summed E-state index contributed by atoms with van der Waals surface area (Å²) < 4.78 is 20.1. The number of rotatable bonds is 3. The molecule has 26 heavy (non-hydrogen) atoms. The average molecular weight is 354 g/mol. The van der Waals surface area contributed by atoms with Gasteiger partial charge in [-0.15, -0.1) is 0 Å². The van der Waals surface area contributed by atoms with Crippen molar-refractivity contribution in [3.05, 3.63) is 36.7 Å². The van der Waals surface area contributed by atoms with Crippen LogP contribution in [0.4, 0.5) is 0 Å². The summed E-state index contributed by atoms with van der Waals surface area (Å²) in [6, 6.07) is 8.33. The first kappa shape index (κ1) is 17.8. The molecule has 3 heterocycles. The molecule has 1 atom stereocenters. The number of ether oxygens (including phenoxy) is 1. The first-order valence-electron chi connectivity index (χ1n) is 9.47. The summed E-state index contributed by atoms with van der Waals surface area (Å²) in [5.74, 6) is 0. The van der Waals surface area contributed by atoms with E-state index in [1.807, 2.05) is 16.9 Å². The van der Waals surface area contributed by atoms with Crippen LogP contribution in [0.15, 0.2) is 36.7 Å². The van der Waals surface area contributed by atoms with Gasteiger partial charge in [-0.05, 0) is 58.0 Å². The molecular weight excluding hydrogens is 327 g/mol. The van der Waals surface area contributed by atoms with Gasteiger partial charge in [-0.2, -0.15) is 5.10 Å². The summed E-state index contributed by atoms with van der Waals surface area (Å²) in [5.41, 5.74) is 2.55. The molecule has 0 aliphatic carbocycles. The molecule has 0 amide bonds. The monoisotopic (exact) mass is 354 g/mol. The molecule has 4 rings (SSSR count). The Balaban J connectivity index is 1.56. The lowest BCUT2D eigenvalue weighted by Gasteiger charge is -2.32. The van der Waals surface area contributed by atoms with Crippen LogP contribution in [0.1, 0.15) is 53.2 Å². The highest BCUT2D eigenvalue weighted by molar-refractivity contribution is 6.62. The molecule has 2 saturated heterocycles. The second-order valence-corrected chi connectivity index (χ2v) is 8.24. The quantitative estimate of drug-likeness (QED) is 0.791. The van der Waals surface area contributed by atoms with E-state index < -0.39 is 0 Å². The van der Waals surface area contributed by atoms with Crippen LogP contribution in [0.25, 0.3) is 11.1 Å². The van der Waals surface area contributed by atoms with E-state index in [1.54, 1.807) is 0 Å². The van der Waals surface area contributed by atoms with Crippen LogP contribution in [-0.4, -0.2) is 34.7 Å². The second kappa shape index (κ2) is 6.52. The van der Waals surface area contributed by atoms with E-state index >= 15 is 0 Å². The third-order valence-corrected chi connectivity index (χ3v) is 5.80. The minimum atomic E-state index is -0.350. The van der Waals surface area contributed by atoms with Crippen LogP contribution in [0.2, 0.25) is 0 Å². The Morgan fingerprint density at radius 3 is 2.54 bits per heavy atom. The van der Waals surface area contributed by atoms with E-state index in [0.29, 0.717) is 0 Å². The topological polar surface area (TPSA) is 45.5 Å². The van der Waals surface area contributed by atoms with Gasteiger partial charge in [0.1, 0.15) is 6.23 Å². The molecule has 2 aliphatic heterocycles. The predicted octanol–water partition coefficient (Wildman–Crippen LogP) is 3.55. The van der Waals surface area contributed by atoms with E-state index in [2.05, 4.69) is 57.2 Å². The van der Waals surface area contributed by atoms with Crippen LogP contribution in [0.5, 0.6) is 0 Å². The molecule has 5 nitrogen and oxygen atoms in total. The molecule has 2 aliphatic rings. The van der Waals surface area contributed by atoms with Crippen molar-refractivity contribution in [3.8, 4) is 11.1 Å². The second-order valence-electron chi connectivity index (χ2n) is 8.24. The summed E-state index contributed by atoms with van der Waals surface area (Å²) in [4.78, 5) is 0. The van der Waals surface area contributed by atoms with Crippen molar-refractivity contribution in [3.63, 3.8) is 0 Å². The van der Waals surface area contributed by atoms with Crippen LogP contribution < -0.4 is 5.46 Å². The van der Waals surface area contributed by atoms with Gasteiger partial charge < -0.3 is 14.0 Å². The third kappa shape index (κ3) is 3.22. The van der Waals surface area contributed by atoms with Gasteiger partial charge in [-0.1, -0.05) is 24.3 Å². The van der Waals surface area contributed by atoms with E-state index in [-0.39, 0.29) is 24.5 Å². The zero-order chi connectivity index (χ0) is 18.4. The third-order valence-electron chi connectivity index (χ3n) is 5.80. The molecular formula is C20H27BN2O3. The Morgan fingerprint density at radius 1 is 1.08 bits per heavy atom. The number of hydrogen-bond donors (Lipinski definition) is 0. The van der Waals surface area contributed by atoms with Crippen molar-refractivity contribution in [1.82, 2.24) is 9.78 Å². The summed E-state index contributed by atoms with van der Waals surface area (Å²) in [5, 5.41) is 4.52. The summed E-state index contributed by atoms with van der Waals surface area (Å²) >= 11 is 0. The smallest absolute Gasteiger partial charge is 0.399 e. The molecule has 0 N–H and O–H groups in total.